The van der Waals surface area contributed by atoms with Crippen molar-refractivity contribution >= 4 is 23.1 Å². The summed E-state index contributed by atoms with van der Waals surface area (Å²) in [6.07, 6.45) is 0. The SMILES string of the molecule is COc1ccc(C(O)=C2C(=O)C(=O)N(CCN(C)C)C2c2ccc([N+](=O)[O-])cc2)cc1OC. The lowest BCUT2D eigenvalue weighted by atomic mass is 9.95. The van der Waals surface area contributed by atoms with Crippen LogP contribution in [0.3, 0.4) is 0 Å². The Kier molecular flexibility index (Phi) is 6.98. The van der Waals surface area contributed by atoms with Gasteiger partial charge in [-0.25, -0.2) is 0 Å². The molecule has 1 aliphatic rings. The molecule has 1 heterocycles. The van der Waals surface area contributed by atoms with Crippen molar-refractivity contribution in [3.8, 4) is 11.5 Å². The smallest absolute Gasteiger partial charge is 0.295 e. The van der Waals surface area contributed by atoms with Crippen molar-refractivity contribution in [3.63, 3.8) is 0 Å². The van der Waals surface area contributed by atoms with E-state index in [1.165, 1.54) is 49.5 Å². The number of likely N-dealkylation sites (N-methyl/N-ethyl adjacent to an activating group) is 1. The summed E-state index contributed by atoms with van der Waals surface area (Å²) in [7, 11) is 6.59. The van der Waals surface area contributed by atoms with Crippen LogP contribution in [0.4, 0.5) is 5.69 Å². The van der Waals surface area contributed by atoms with Gasteiger partial charge in [0.15, 0.2) is 11.5 Å². The van der Waals surface area contributed by atoms with Gasteiger partial charge in [-0.3, -0.25) is 19.7 Å². The van der Waals surface area contributed by atoms with Gasteiger partial charge in [0.25, 0.3) is 17.4 Å². The van der Waals surface area contributed by atoms with Crippen LogP contribution in [0.15, 0.2) is 48.0 Å². The van der Waals surface area contributed by atoms with Crippen molar-refractivity contribution < 1.29 is 29.1 Å². The van der Waals surface area contributed by atoms with Gasteiger partial charge in [0.1, 0.15) is 5.76 Å². The number of non-ortho nitro benzene ring substituents is 1. The number of likely N-dealkylation sites (tertiary alicyclic amines) is 1. The Morgan fingerprint density at radius 3 is 2.27 bits per heavy atom. The van der Waals surface area contributed by atoms with Crippen molar-refractivity contribution in [1.82, 2.24) is 9.80 Å². The molecule has 1 fully saturated rings. The monoisotopic (exact) mass is 455 g/mol. The van der Waals surface area contributed by atoms with Crippen LogP contribution in [0, 0.1) is 10.1 Å². The van der Waals surface area contributed by atoms with Gasteiger partial charge in [0.05, 0.1) is 30.8 Å². The summed E-state index contributed by atoms with van der Waals surface area (Å²) in [6.45, 7) is 0.703. The van der Waals surface area contributed by atoms with Gasteiger partial charge in [-0.1, -0.05) is 0 Å². The van der Waals surface area contributed by atoms with E-state index in [4.69, 9.17) is 9.47 Å². The fourth-order valence-electron chi connectivity index (χ4n) is 3.68. The third kappa shape index (κ3) is 4.65. The molecule has 1 N–H and O–H groups in total. The number of hydrogen-bond donors (Lipinski definition) is 1. The van der Waals surface area contributed by atoms with E-state index in [2.05, 4.69) is 0 Å². The summed E-state index contributed by atoms with van der Waals surface area (Å²) in [5, 5.41) is 22.2. The highest BCUT2D eigenvalue weighted by molar-refractivity contribution is 6.46. The lowest BCUT2D eigenvalue weighted by Crippen LogP contribution is -2.35. The summed E-state index contributed by atoms with van der Waals surface area (Å²) in [6, 6.07) is 9.31. The highest BCUT2D eigenvalue weighted by atomic mass is 16.6. The predicted molar refractivity (Wildman–Crippen MR) is 120 cm³/mol. The molecule has 3 rings (SSSR count). The first kappa shape index (κ1) is 23.7. The predicted octanol–water partition coefficient (Wildman–Crippen LogP) is 2.60. The number of carbonyl (C=O) groups excluding carboxylic acids is 2. The number of Topliss-reactive ketones (excluding diaryl/α,β-unsaturated/α-hetero) is 1. The number of carbonyl (C=O) groups is 2. The summed E-state index contributed by atoms with van der Waals surface area (Å²) in [5.41, 5.74) is 0.523. The van der Waals surface area contributed by atoms with E-state index in [1.807, 2.05) is 19.0 Å². The number of nitrogens with zero attached hydrogens (tertiary/aromatic N) is 3. The number of ether oxygens (including phenoxy) is 2. The number of hydrogen-bond acceptors (Lipinski definition) is 8. The number of amides is 1. The minimum atomic E-state index is -0.904. The second-order valence-electron chi connectivity index (χ2n) is 7.71. The fraction of sp³-hybridized carbons (Fsp3) is 0.304. The van der Waals surface area contributed by atoms with E-state index < -0.39 is 22.7 Å². The molecule has 0 bridgehead atoms. The summed E-state index contributed by atoms with van der Waals surface area (Å²) >= 11 is 0. The molecule has 1 saturated heterocycles. The van der Waals surface area contributed by atoms with Crippen molar-refractivity contribution in [3.05, 3.63) is 69.3 Å². The van der Waals surface area contributed by atoms with Gasteiger partial charge in [-0.2, -0.15) is 0 Å². The quantitative estimate of drug-likeness (QED) is 0.212. The largest absolute Gasteiger partial charge is 0.507 e. The second kappa shape index (κ2) is 9.70. The van der Waals surface area contributed by atoms with Gasteiger partial charge in [0.2, 0.25) is 0 Å². The van der Waals surface area contributed by atoms with Crippen LogP contribution >= 0.6 is 0 Å². The molecule has 0 aromatic heterocycles. The summed E-state index contributed by atoms with van der Waals surface area (Å²) < 4.78 is 10.5. The van der Waals surface area contributed by atoms with E-state index in [0.717, 1.165) is 0 Å². The van der Waals surface area contributed by atoms with Crippen molar-refractivity contribution in [1.29, 1.82) is 0 Å². The Bertz CT molecular complexity index is 1110. The van der Waals surface area contributed by atoms with Crippen LogP contribution in [-0.2, 0) is 9.59 Å². The van der Waals surface area contributed by atoms with Crippen LogP contribution in [0.25, 0.3) is 5.76 Å². The molecule has 0 saturated carbocycles. The number of nitro benzene ring substituents is 1. The molecule has 1 atom stereocenters. The van der Waals surface area contributed by atoms with Gasteiger partial charge in [0, 0.05) is 30.8 Å². The number of nitro groups is 1. The molecule has 0 spiro atoms. The number of ketones is 1. The number of aliphatic hydroxyl groups is 1. The first-order valence-corrected chi connectivity index (χ1v) is 10.1. The van der Waals surface area contributed by atoms with Crippen molar-refractivity contribution in [2.24, 2.45) is 0 Å². The Hall–Kier alpha value is -3.92. The molecule has 33 heavy (non-hydrogen) atoms. The zero-order valence-corrected chi connectivity index (χ0v) is 18.8. The maximum absolute atomic E-state index is 13.0. The first-order chi connectivity index (χ1) is 15.7. The number of benzene rings is 2. The van der Waals surface area contributed by atoms with Crippen molar-refractivity contribution in [2.45, 2.75) is 6.04 Å². The van der Waals surface area contributed by atoms with E-state index in [-0.39, 0.29) is 29.1 Å². The van der Waals surface area contributed by atoms with E-state index in [9.17, 15) is 24.8 Å². The minimum Gasteiger partial charge on any atom is -0.507 e. The first-order valence-electron chi connectivity index (χ1n) is 10.1. The molecule has 2 aromatic rings. The summed E-state index contributed by atoms with van der Waals surface area (Å²) in [4.78, 5) is 39.7. The molecule has 1 unspecified atom stereocenters. The van der Waals surface area contributed by atoms with Crippen LogP contribution in [-0.4, -0.2) is 72.9 Å². The Morgan fingerprint density at radius 1 is 1.09 bits per heavy atom. The molecule has 2 aromatic carbocycles. The van der Waals surface area contributed by atoms with Crippen LogP contribution in [0.5, 0.6) is 11.5 Å². The van der Waals surface area contributed by atoms with Crippen LogP contribution in [0.2, 0.25) is 0 Å². The average molecular weight is 455 g/mol. The maximum Gasteiger partial charge on any atom is 0.295 e. The average Bonchev–Trinajstić information content (AvgIpc) is 3.06. The topological polar surface area (TPSA) is 122 Å². The number of rotatable bonds is 8. The summed E-state index contributed by atoms with van der Waals surface area (Å²) in [5.74, 6) is -1.17. The molecule has 10 heteroatoms. The lowest BCUT2D eigenvalue weighted by Gasteiger charge is -2.26. The molecule has 174 valence electrons. The Morgan fingerprint density at radius 2 is 1.73 bits per heavy atom. The molecule has 0 aliphatic carbocycles. The minimum absolute atomic E-state index is 0.0974. The Balaban J connectivity index is 2.16. The van der Waals surface area contributed by atoms with Crippen molar-refractivity contribution in [2.75, 3.05) is 41.4 Å². The highest BCUT2D eigenvalue weighted by Crippen LogP contribution is 2.40. The number of methoxy groups -OCH3 is 2. The third-order valence-corrected chi connectivity index (χ3v) is 5.40. The van der Waals surface area contributed by atoms with Gasteiger partial charge >= 0.3 is 0 Å². The molecular formula is C23H25N3O7. The molecule has 1 amide bonds. The molecule has 10 nitrogen and oxygen atoms in total. The maximum atomic E-state index is 13.0. The highest BCUT2D eigenvalue weighted by Gasteiger charge is 2.46. The standard InChI is InChI=1S/C23H25N3O7/c1-24(2)11-12-25-20(14-5-8-16(9-6-14)26(30)31)19(22(28)23(25)29)21(27)15-7-10-17(32-3)18(13-15)33-4/h5-10,13,20,27H,11-12H2,1-4H3. The molecule has 1 aliphatic heterocycles. The van der Waals surface area contributed by atoms with E-state index >= 15 is 0 Å². The Labute approximate surface area is 190 Å². The van der Waals surface area contributed by atoms with Crippen LogP contribution in [0.1, 0.15) is 17.2 Å². The molecular weight excluding hydrogens is 430 g/mol. The third-order valence-electron chi connectivity index (χ3n) is 5.40. The fourth-order valence-corrected chi connectivity index (χ4v) is 3.68. The van der Waals surface area contributed by atoms with Gasteiger partial charge < -0.3 is 24.4 Å². The van der Waals surface area contributed by atoms with Crippen LogP contribution < -0.4 is 9.47 Å². The van der Waals surface area contributed by atoms with E-state index in [1.54, 1.807) is 12.1 Å². The normalized spacial score (nSPS) is 17.5. The number of aliphatic hydroxyl groups excluding tert-OH is 1. The zero-order valence-electron chi connectivity index (χ0n) is 18.8. The van der Waals surface area contributed by atoms with E-state index in [0.29, 0.717) is 23.6 Å². The molecule has 0 radical (unpaired) electrons. The second-order valence-corrected chi connectivity index (χ2v) is 7.71. The lowest BCUT2D eigenvalue weighted by molar-refractivity contribution is -0.384. The zero-order chi connectivity index (χ0) is 24.3. The van der Waals surface area contributed by atoms with Gasteiger partial charge in [-0.15, -0.1) is 0 Å². The van der Waals surface area contributed by atoms with Gasteiger partial charge in [-0.05, 0) is 50.0 Å².